The molecule has 0 heterocycles. The molecular formula is C26H27NO2. The highest BCUT2D eigenvalue weighted by Gasteiger charge is 2.31. The molecule has 0 saturated heterocycles. The van der Waals surface area contributed by atoms with Gasteiger partial charge in [-0.2, -0.15) is 5.26 Å². The summed E-state index contributed by atoms with van der Waals surface area (Å²) in [6, 6.07) is 7.56. The van der Waals surface area contributed by atoms with Gasteiger partial charge in [-0.15, -0.1) is 0 Å². The Kier molecular flexibility index (Phi) is 6.61. The average Bonchev–Trinajstić information content (AvgIpc) is 2.74. The van der Waals surface area contributed by atoms with Crippen molar-refractivity contribution in [2.24, 2.45) is 0 Å². The first-order valence-corrected chi connectivity index (χ1v) is 9.46. The Morgan fingerprint density at radius 1 is 1.21 bits per heavy atom. The van der Waals surface area contributed by atoms with Crippen molar-refractivity contribution in [2.45, 2.75) is 40.5 Å². The van der Waals surface area contributed by atoms with E-state index < -0.39 is 5.92 Å². The Balaban J connectivity index is 2.98. The second-order valence-electron chi connectivity index (χ2n) is 7.44. The third-order valence-electron chi connectivity index (χ3n) is 5.39. The fourth-order valence-corrected chi connectivity index (χ4v) is 3.79. The van der Waals surface area contributed by atoms with Crippen LogP contribution in [-0.4, -0.2) is 10.9 Å². The van der Waals surface area contributed by atoms with Crippen molar-refractivity contribution in [2.75, 3.05) is 0 Å². The Morgan fingerprint density at radius 3 is 2.38 bits per heavy atom. The van der Waals surface area contributed by atoms with E-state index in [4.69, 9.17) is 0 Å². The fourth-order valence-electron chi connectivity index (χ4n) is 3.79. The maximum atomic E-state index is 12.8. The van der Waals surface area contributed by atoms with E-state index in [2.05, 4.69) is 19.2 Å². The van der Waals surface area contributed by atoms with Crippen LogP contribution in [0.4, 0.5) is 0 Å². The van der Waals surface area contributed by atoms with Crippen LogP contribution in [-0.2, 0) is 4.79 Å². The molecule has 0 saturated carbocycles. The van der Waals surface area contributed by atoms with Gasteiger partial charge in [0.25, 0.3) is 0 Å². The largest absolute Gasteiger partial charge is 0.508 e. The van der Waals surface area contributed by atoms with Crippen molar-refractivity contribution in [3.63, 3.8) is 0 Å². The van der Waals surface area contributed by atoms with Gasteiger partial charge in [0.1, 0.15) is 5.76 Å². The summed E-state index contributed by atoms with van der Waals surface area (Å²) in [5.74, 6) is -0.498. The molecule has 1 atom stereocenters. The molecule has 0 aliphatic heterocycles. The van der Waals surface area contributed by atoms with Gasteiger partial charge in [-0.3, -0.25) is 4.79 Å². The topological polar surface area (TPSA) is 61.1 Å². The van der Waals surface area contributed by atoms with Crippen LogP contribution in [0.5, 0.6) is 0 Å². The van der Waals surface area contributed by atoms with E-state index in [0.29, 0.717) is 22.3 Å². The molecule has 0 fully saturated rings. The Morgan fingerprint density at radius 2 is 1.86 bits per heavy atom. The number of hydrogen-bond acceptors (Lipinski definition) is 3. The summed E-state index contributed by atoms with van der Waals surface area (Å²) >= 11 is 0. The van der Waals surface area contributed by atoms with E-state index in [0.717, 1.165) is 27.8 Å². The highest BCUT2D eigenvalue weighted by atomic mass is 16.3. The highest BCUT2D eigenvalue weighted by Crippen LogP contribution is 2.43. The number of Topliss-reactive ketones (excluding diaryl/α,β-unsaturated/α-hetero) is 1. The highest BCUT2D eigenvalue weighted by molar-refractivity contribution is 5.97. The Bertz CT molecular complexity index is 1070. The maximum absolute atomic E-state index is 12.8. The molecule has 0 aromatic heterocycles. The molecule has 1 aliphatic rings. The summed E-state index contributed by atoms with van der Waals surface area (Å²) in [6.07, 6.45) is 5.21. The van der Waals surface area contributed by atoms with Crippen molar-refractivity contribution < 1.29 is 9.90 Å². The third kappa shape index (κ3) is 4.38. The number of ketones is 1. The summed E-state index contributed by atoms with van der Waals surface area (Å²) in [6.45, 7) is 17.0. The van der Waals surface area contributed by atoms with Crippen LogP contribution < -0.4 is 0 Å². The van der Waals surface area contributed by atoms with Crippen molar-refractivity contribution in [3.8, 4) is 6.07 Å². The molecule has 1 aliphatic carbocycles. The van der Waals surface area contributed by atoms with Gasteiger partial charge >= 0.3 is 0 Å². The lowest BCUT2D eigenvalue weighted by molar-refractivity contribution is -0.113. The zero-order chi connectivity index (χ0) is 21.9. The second kappa shape index (κ2) is 8.75. The summed E-state index contributed by atoms with van der Waals surface area (Å²) < 4.78 is 0. The summed E-state index contributed by atoms with van der Waals surface area (Å²) in [5.41, 5.74) is 6.84. The molecule has 0 amide bonds. The standard InChI is InChI=1S/C26H27NO2/c1-8-16(3)24(20(7)28)26(22-10-9-21(14-27)13-18(22)5)25-19(6)17(4)11-15(2)12-23(25)29/h8-13,26,29H,1-2H2,3-7H3/b24-16-/t26-/m0/s1. The summed E-state index contributed by atoms with van der Waals surface area (Å²) in [7, 11) is 0. The van der Waals surface area contributed by atoms with Crippen molar-refractivity contribution in [3.05, 3.63) is 105 Å². The van der Waals surface area contributed by atoms with E-state index in [-0.39, 0.29) is 11.5 Å². The number of nitriles is 1. The van der Waals surface area contributed by atoms with Crippen LogP contribution >= 0.6 is 0 Å². The minimum atomic E-state index is -0.497. The molecule has 0 unspecified atom stereocenters. The first-order valence-electron chi connectivity index (χ1n) is 9.46. The van der Waals surface area contributed by atoms with Crippen LogP contribution in [0.2, 0.25) is 0 Å². The van der Waals surface area contributed by atoms with Crippen LogP contribution in [0.3, 0.4) is 0 Å². The van der Waals surface area contributed by atoms with E-state index in [1.807, 2.05) is 39.8 Å². The molecule has 1 aromatic carbocycles. The number of nitrogens with zero attached hydrogens (tertiary/aromatic N) is 1. The van der Waals surface area contributed by atoms with Gasteiger partial charge in [-0.1, -0.05) is 31.4 Å². The van der Waals surface area contributed by atoms with Crippen LogP contribution in [0.1, 0.15) is 50.3 Å². The van der Waals surface area contributed by atoms with Crippen molar-refractivity contribution in [1.29, 1.82) is 5.26 Å². The molecule has 29 heavy (non-hydrogen) atoms. The van der Waals surface area contributed by atoms with Gasteiger partial charge in [0.05, 0.1) is 11.6 Å². The number of rotatable bonds is 5. The number of hydrogen-bond donors (Lipinski definition) is 1. The molecule has 0 radical (unpaired) electrons. The normalized spacial score (nSPS) is 16.2. The SMILES string of the molecule is C=C/C(C)=C(/C(C)=O)[C@@H](C1=C(C)C(C)=CC(=C)C=C1O)c1ccc(C#N)cc1C. The first-order chi connectivity index (χ1) is 13.6. The molecular weight excluding hydrogens is 358 g/mol. The summed E-state index contributed by atoms with van der Waals surface area (Å²) in [5, 5.41) is 20.3. The number of aryl methyl sites for hydroxylation is 1. The van der Waals surface area contributed by atoms with Crippen molar-refractivity contribution >= 4 is 5.78 Å². The Labute approximate surface area is 173 Å². The van der Waals surface area contributed by atoms with Gasteiger partial charge in [-0.05, 0) is 86.2 Å². The van der Waals surface area contributed by atoms with E-state index in [1.165, 1.54) is 6.92 Å². The predicted molar refractivity (Wildman–Crippen MR) is 119 cm³/mol. The predicted octanol–water partition coefficient (Wildman–Crippen LogP) is 6.32. The first kappa shape index (κ1) is 21.9. The molecule has 3 heteroatoms. The van der Waals surface area contributed by atoms with E-state index in [1.54, 1.807) is 24.3 Å². The lowest BCUT2D eigenvalue weighted by atomic mass is 9.76. The van der Waals surface area contributed by atoms with Crippen LogP contribution in [0, 0.1) is 18.3 Å². The molecule has 0 bridgehead atoms. The molecule has 2 rings (SSSR count). The lowest BCUT2D eigenvalue weighted by Crippen LogP contribution is -2.17. The maximum Gasteiger partial charge on any atom is 0.157 e. The number of aliphatic hydroxyl groups excluding tert-OH is 1. The number of aliphatic hydroxyl groups is 1. The van der Waals surface area contributed by atoms with E-state index >= 15 is 0 Å². The van der Waals surface area contributed by atoms with Gasteiger partial charge in [0.15, 0.2) is 5.78 Å². The zero-order valence-electron chi connectivity index (χ0n) is 17.8. The summed E-state index contributed by atoms with van der Waals surface area (Å²) in [4.78, 5) is 12.8. The van der Waals surface area contributed by atoms with E-state index in [9.17, 15) is 15.2 Å². The third-order valence-corrected chi connectivity index (χ3v) is 5.39. The minimum Gasteiger partial charge on any atom is -0.508 e. The fraction of sp³-hybridized carbons (Fsp3) is 0.231. The van der Waals surface area contributed by atoms with Gasteiger partial charge in [-0.25, -0.2) is 0 Å². The van der Waals surface area contributed by atoms with Gasteiger partial charge < -0.3 is 5.11 Å². The molecule has 1 N–H and O–H groups in total. The number of carbonyl (C=O) groups is 1. The quantitative estimate of drug-likeness (QED) is 0.477. The van der Waals surface area contributed by atoms with Crippen LogP contribution in [0.25, 0.3) is 0 Å². The van der Waals surface area contributed by atoms with Gasteiger partial charge in [0, 0.05) is 17.1 Å². The minimum absolute atomic E-state index is 0.0879. The molecule has 1 aromatic rings. The number of allylic oxidation sites excluding steroid dienone is 9. The second-order valence-corrected chi connectivity index (χ2v) is 7.44. The number of carbonyl (C=O) groups excluding carboxylic acids is 1. The van der Waals surface area contributed by atoms with Crippen LogP contribution in [0.15, 0.2) is 88.8 Å². The monoisotopic (exact) mass is 385 g/mol. The van der Waals surface area contributed by atoms with Gasteiger partial charge in [0.2, 0.25) is 0 Å². The molecule has 3 nitrogen and oxygen atoms in total. The zero-order valence-corrected chi connectivity index (χ0v) is 17.8. The van der Waals surface area contributed by atoms with Crippen molar-refractivity contribution in [1.82, 2.24) is 0 Å². The molecule has 0 spiro atoms. The Hall–Kier alpha value is -3.38. The smallest absolute Gasteiger partial charge is 0.157 e. The number of benzene rings is 1. The average molecular weight is 386 g/mol. The lowest BCUT2D eigenvalue weighted by Gasteiger charge is -2.27. The molecule has 148 valence electrons.